The maximum absolute atomic E-state index is 12.1. The summed E-state index contributed by atoms with van der Waals surface area (Å²) in [5, 5.41) is 3.00. The maximum Gasteiger partial charge on any atom is 0.228 e. The van der Waals surface area contributed by atoms with Crippen LogP contribution in [0.4, 0.5) is 5.69 Å². The van der Waals surface area contributed by atoms with Crippen LogP contribution in [0.3, 0.4) is 0 Å². The number of allylic oxidation sites excluding steroid dienone is 2. The lowest BCUT2D eigenvalue weighted by molar-refractivity contribution is -0.120. The molecule has 1 amide bonds. The minimum Gasteiger partial charge on any atom is -0.326 e. The number of hydrogen-bond acceptors (Lipinski definition) is 1. The Hall–Kier alpha value is -1.09. The molecule has 0 radical (unpaired) electrons. The van der Waals surface area contributed by atoms with E-state index < -0.39 is 0 Å². The van der Waals surface area contributed by atoms with Crippen molar-refractivity contribution in [2.45, 2.75) is 12.8 Å². The number of hydrogen-bond donors (Lipinski definition) is 1. The first-order valence-corrected chi connectivity index (χ1v) is 6.76. The summed E-state index contributed by atoms with van der Waals surface area (Å²) in [6.07, 6.45) is 6.65. The van der Waals surface area contributed by atoms with E-state index in [2.05, 4.69) is 33.4 Å². The zero-order valence-corrected chi connectivity index (χ0v) is 11.0. The molecular weight excluding hydrogens is 278 g/mol. The van der Waals surface area contributed by atoms with Crippen molar-refractivity contribution < 1.29 is 4.79 Å². The van der Waals surface area contributed by atoms with Crippen molar-refractivity contribution in [2.24, 2.45) is 17.8 Å². The number of rotatable bonds is 2. The SMILES string of the molecule is O=C(Nc1ccc(Br)cc1)[C@H]1C[C@@H]2C=C[C@H]1C2. The first-order valence-electron chi connectivity index (χ1n) is 5.97. The standard InChI is InChI=1S/C14H14BrNO/c15-11-3-5-12(6-4-11)16-14(17)13-8-9-1-2-10(13)7-9/h1-6,9-10,13H,7-8H2,(H,16,17)/t9-,10+,13+/m1/s1. The summed E-state index contributed by atoms with van der Waals surface area (Å²) in [5.74, 6) is 1.45. The second-order valence-electron chi connectivity index (χ2n) is 4.88. The molecule has 3 heteroatoms. The van der Waals surface area contributed by atoms with Crippen molar-refractivity contribution in [3.63, 3.8) is 0 Å². The second-order valence-corrected chi connectivity index (χ2v) is 5.80. The second kappa shape index (κ2) is 4.30. The van der Waals surface area contributed by atoms with Gasteiger partial charge in [-0.15, -0.1) is 0 Å². The molecule has 0 heterocycles. The molecule has 1 aromatic rings. The van der Waals surface area contributed by atoms with Gasteiger partial charge in [-0.3, -0.25) is 4.79 Å². The van der Waals surface area contributed by atoms with E-state index in [4.69, 9.17) is 0 Å². The van der Waals surface area contributed by atoms with Gasteiger partial charge in [-0.1, -0.05) is 28.1 Å². The molecule has 2 aliphatic rings. The van der Waals surface area contributed by atoms with Crippen molar-refractivity contribution >= 4 is 27.5 Å². The molecule has 88 valence electrons. The van der Waals surface area contributed by atoms with Crippen LogP contribution in [-0.4, -0.2) is 5.91 Å². The third kappa shape index (κ3) is 2.16. The highest BCUT2D eigenvalue weighted by molar-refractivity contribution is 9.10. The van der Waals surface area contributed by atoms with E-state index >= 15 is 0 Å². The Balaban J connectivity index is 1.68. The number of benzene rings is 1. The first kappa shape index (κ1) is 11.0. The summed E-state index contributed by atoms with van der Waals surface area (Å²) in [7, 11) is 0. The highest BCUT2D eigenvalue weighted by Crippen LogP contribution is 2.43. The summed E-state index contributed by atoms with van der Waals surface area (Å²) >= 11 is 3.38. The van der Waals surface area contributed by atoms with E-state index in [9.17, 15) is 4.79 Å². The van der Waals surface area contributed by atoms with E-state index in [1.807, 2.05) is 24.3 Å². The van der Waals surface area contributed by atoms with Gasteiger partial charge in [-0.2, -0.15) is 0 Å². The highest BCUT2D eigenvalue weighted by Gasteiger charge is 2.39. The Morgan fingerprint density at radius 1 is 1.18 bits per heavy atom. The molecule has 2 nitrogen and oxygen atoms in total. The third-order valence-corrected chi connectivity index (χ3v) is 4.26. The largest absolute Gasteiger partial charge is 0.326 e. The van der Waals surface area contributed by atoms with E-state index in [1.165, 1.54) is 6.42 Å². The number of carbonyl (C=O) groups excluding carboxylic acids is 1. The molecule has 2 bridgehead atoms. The molecule has 0 unspecified atom stereocenters. The Bertz CT molecular complexity index is 466. The fraction of sp³-hybridized carbons (Fsp3) is 0.357. The van der Waals surface area contributed by atoms with Crippen LogP contribution in [0.25, 0.3) is 0 Å². The molecule has 3 rings (SSSR count). The predicted octanol–water partition coefficient (Wildman–Crippen LogP) is 3.60. The summed E-state index contributed by atoms with van der Waals surface area (Å²) in [5.41, 5.74) is 0.880. The van der Waals surface area contributed by atoms with Crippen molar-refractivity contribution in [3.05, 3.63) is 40.9 Å². The monoisotopic (exact) mass is 291 g/mol. The minimum absolute atomic E-state index is 0.171. The van der Waals surface area contributed by atoms with Crippen LogP contribution < -0.4 is 5.32 Å². The summed E-state index contributed by atoms with van der Waals surface area (Å²) in [4.78, 5) is 12.1. The zero-order chi connectivity index (χ0) is 11.8. The molecule has 17 heavy (non-hydrogen) atoms. The predicted molar refractivity (Wildman–Crippen MR) is 71.6 cm³/mol. The molecule has 1 fully saturated rings. The smallest absolute Gasteiger partial charge is 0.228 e. The van der Waals surface area contributed by atoms with Crippen LogP contribution in [-0.2, 0) is 4.79 Å². The van der Waals surface area contributed by atoms with Gasteiger partial charge in [0.1, 0.15) is 0 Å². The van der Waals surface area contributed by atoms with E-state index in [1.54, 1.807) is 0 Å². The summed E-state index contributed by atoms with van der Waals surface area (Å²) < 4.78 is 1.03. The van der Waals surface area contributed by atoms with Crippen LogP contribution in [0.15, 0.2) is 40.9 Å². The normalized spacial score (nSPS) is 29.6. The molecule has 1 saturated carbocycles. The Morgan fingerprint density at radius 2 is 1.94 bits per heavy atom. The number of fused-ring (bicyclic) bond motifs is 2. The topological polar surface area (TPSA) is 29.1 Å². The Kier molecular flexibility index (Phi) is 2.79. The van der Waals surface area contributed by atoms with Gasteiger partial charge in [0.05, 0.1) is 0 Å². The lowest BCUT2D eigenvalue weighted by atomic mass is 9.93. The molecule has 0 saturated heterocycles. The van der Waals surface area contributed by atoms with Crippen molar-refractivity contribution in [1.82, 2.24) is 0 Å². The average Bonchev–Trinajstić information content (AvgIpc) is 2.94. The molecule has 1 N–H and O–H groups in total. The quantitative estimate of drug-likeness (QED) is 0.829. The number of halogens is 1. The number of carbonyl (C=O) groups is 1. The first-order chi connectivity index (χ1) is 8.22. The van der Waals surface area contributed by atoms with Gasteiger partial charge in [0.2, 0.25) is 5.91 Å². The number of nitrogens with one attached hydrogen (secondary N) is 1. The van der Waals surface area contributed by atoms with E-state index in [-0.39, 0.29) is 11.8 Å². The third-order valence-electron chi connectivity index (χ3n) is 3.73. The average molecular weight is 292 g/mol. The van der Waals surface area contributed by atoms with E-state index in [0.29, 0.717) is 11.8 Å². The highest BCUT2D eigenvalue weighted by atomic mass is 79.9. The van der Waals surface area contributed by atoms with E-state index in [0.717, 1.165) is 16.6 Å². The summed E-state index contributed by atoms with van der Waals surface area (Å²) in [6, 6.07) is 7.72. The molecule has 2 aliphatic carbocycles. The van der Waals surface area contributed by atoms with Gasteiger partial charge in [-0.05, 0) is 48.9 Å². The van der Waals surface area contributed by atoms with Crippen molar-refractivity contribution in [1.29, 1.82) is 0 Å². The van der Waals surface area contributed by atoms with Crippen molar-refractivity contribution in [3.8, 4) is 0 Å². The molecule has 0 aliphatic heterocycles. The van der Waals surface area contributed by atoms with Gasteiger partial charge in [0.15, 0.2) is 0 Å². The van der Waals surface area contributed by atoms with Crippen LogP contribution in [0.2, 0.25) is 0 Å². The molecular formula is C14H14BrNO. The lowest BCUT2D eigenvalue weighted by Gasteiger charge is -2.17. The van der Waals surface area contributed by atoms with Gasteiger partial charge in [0, 0.05) is 16.1 Å². The molecule has 0 spiro atoms. The van der Waals surface area contributed by atoms with Gasteiger partial charge in [-0.25, -0.2) is 0 Å². The van der Waals surface area contributed by atoms with Gasteiger partial charge >= 0.3 is 0 Å². The van der Waals surface area contributed by atoms with Crippen molar-refractivity contribution in [2.75, 3.05) is 5.32 Å². The zero-order valence-electron chi connectivity index (χ0n) is 9.40. The van der Waals surface area contributed by atoms with Gasteiger partial charge < -0.3 is 5.32 Å². The van der Waals surface area contributed by atoms with Gasteiger partial charge in [0.25, 0.3) is 0 Å². The lowest BCUT2D eigenvalue weighted by Crippen LogP contribution is -2.25. The molecule has 0 aromatic heterocycles. The Labute approximate surface area is 109 Å². The fourth-order valence-corrected chi connectivity index (χ4v) is 3.11. The fourth-order valence-electron chi connectivity index (χ4n) is 2.85. The van der Waals surface area contributed by atoms with Crippen LogP contribution in [0.1, 0.15) is 12.8 Å². The molecule has 3 atom stereocenters. The van der Waals surface area contributed by atoms with Crippen LogP contribution >= 0.6 is 15.9 Å². The number of amides is 1. The maximum atomic E-state index is 12.1. The Morgan fingerprint density at radius 3 is 2.53 bits per heavy atom. The minimum atomic E-state index is 0.171. The van der Waals surface area contributed by atoms with Crippen LogP contribution in [0, 0.1) is 17.8 Å². The molecule has 1 aromatic carbocycles. The van der Waals surface area contributed by atoms with Crippen LogP contribution in [0.5, 0.6) is 0 Å². The summed E-state index contributed by atoms with van der Waals surface area (Å²) in [6.45, 7) is 0. The number of anilines is 1.